The Bertz CT molecular complexity index is 902. The number of benzene rings is 2. The molecule has 1 aliphatic rings. The average molecular weight is 625 g/mol. The predicted molar refractivity (Wildman–Crippen MR) is 131 cm³/mol. The predicted octanol–water partition coefficient (Wildman–Crippen LogP) is 7.30. The van der Waals surface area contributed by atoms with Crippen molar-refractivity contribution in [2.45, 2.75) is 27.2 Å². The van der Waals surface area contributed by atoms with E-state index in [9.17, 15) is 0 Å². The molecule has 142 valence electrons. The van der Waals surface area contributed by atoms with Crippen LogP contribution >= 0.6 is 40.7 Å². The number of halogens is 2. The van der Waals surface area contributed by atoms with Crippen LogP contribution < -0.4 is 0 Å². The molecule has 1 aliphatic heterocycles. The molecule has 0 N–H and O–H groups in total. The van der Waals surface area contributed by atoms with Crippen molar-refractivity contribution in [2.75, 3.05) is 0 Å². The second kappa shape index (κ2) is 11.9. The van der Waals surface area contributed by atoms with Crippen molar-refractivity contribution in [2.24, 2.45) is 15.0 Å². The summed E-state index contributed by atoms with van der Waals surface area (Å²) in [7, 11) is 1.19. The van der Waals surface area contributed by atoms with Gasteiger partial charge < -0.3 is 0 Å². The zero-order valence-corrected chi connectivity index (χ0v) is 20.9. The Labute approximate surface area is 190 Å². The molecule has 0 amide bonds. The van der Waals surface area contributed by atoms with Gasteiger partial charge in [0, 0.05) is 12.6 Å². The van der Waals surface area contributed by atoms with Gasteiger partial charge in [-0.2, -0.15) is 0 Å². The van der Waals surface area contributed by atoms with Crippen molar-refractivity contribution >= 4 is 69.7 Å². The Morgan fingerprint density at radius 3 is 2.15 bits per heavy atom. The van der Waals surface area contributed by atoms with Crippen molar-refractivity contribution in [1.82, 2.24) is 0 Å². The van der Waals surface area contributed by atoms with Gasteiger partial charge in [-0.15, -0.1) is 0 Å². The number of hydrogen-bond acceptors (Lipinski definition) is 3. The van der Waals surface area contributed by atoms with Crippen LogP contribution in [0.25, 0.3) is 0 Å². The molecule has 0 aromatic heterocycles. The van der Waals surface area contributed by atoms with Crippen molar-refractivity contribution in [3.05, 3.63) is 71.4 Å². The van der Waals surface area contributed by atoms with E-state index in [0.717, 1.165) is 40.5 Å². The molecule has 2 aromatic rings. The van der Waals surface area contributed by atoms with Gasteiger partial charge in [0.05, 0.1) is 28.5 Å². The third kappa shape index (κ3) is 7.25. The molecule has 27 heavy (non-hydrogen) atoms. The topological polar surface area (TPSA) is 37.1 Å². The molecule has 0 radical (unpaired) electrons. The van der Waals surface area contributed by atoms with Crippen LogP contribution in [0.2, 0.25) is 0 Å². The Morgan fingerprint density at radius 1 is 1.00 bits per heavy atom. The van der Waals surface area contributed by atoms with E-state index in [-0.39, 0.29) is 0 Å². The first-order chi connectivity index (χ1) is 13.0. The van der Waals surface area contributed by atoms with Crippen LogP contribution in [0.3, 0.4) is 0 Å². The molecule has 0 fully saturated rings. The van der Waals surface area contributed by atoms with Crippen LogP contribution in [0.4, 0.5) is 11.4 Å². The maximum atomic E-state index is 4.70. The van der Waals surface area contributed by atoms with E-state index >= 15 is 0 Å². The molecule has 6 heteroatoms. The molecule has 0 atom stereocenters. The van der Waals surface area contributed by atoms with Crippen LogP contribution in [0.1, 0.15) is 24.5 Å². The van der Waals surface area contributed by atoms with Gasteiger partial charge in [-0.1, -0.05) is 42.5 Å². The molecule has 0 spiro atoms. The summed E-state index contributed by atoms with van der Waals surface area (Å²) in [5, 5.41) is 0. The molecule has 2 aromatic carbocycles. The van der Waals surface area contributed by atoms with E-state index in [1.165, 1.54) is 14.0 Å². The molecule has 0 saturated carbocycles. The second-order valence-corrected chi connectivity index (χ2v) is 15.3. The van der Waals surface area contributed by atoms with Crippen molar-refractivity contribution in [3.8, 4) is 0 Å². The van der Waals surface area contributed by atoms with Crippen LogP contribution in [0, 0.1) is 13.8 Å². The number of rotatable bonds is 4. The quantitative estimate of drug-likeness (QED) is 0.195. The van der Waals surface area contributed by atoms with E-state index in [0.29, 0.717) is 0 Å². The van der Waals surface area contributed by atoms with Gasteiger partial charge in [0.25, 0.3) is 0 Å². The minimum atomic E-state index is 0.797. The van der Waals surface area contributed by atoms with Gasteiger partial charge in [-0.25, -0.2) is 4.99 Å². The first-order valence-electron chi connectivity index (χ1n) is 8.39. The van der Waals surface area contributed by atoms with Crippen LogP contribution in [0.15, 0.2) is 75.3 Å². The van der Waals surface area contributed by atoms with Crippen molar-refractivity contribution in [3.63, 3.8) is 0 Å². The maximum absolute atomic E-state index is 4.70. The number of aryl methyl sites for hydroxylation is 2. The normalized spacial score (nSPS) is 14.0. The summed E-state index contributed by atoms with van der Waals surface area (Å²) >= 11 is 4.55. The second-order valence-electron chi connectivity index (χ2n) is 5.98. The van der Waals surface area contributed by atoms with E-state index in [1.54, 1.807) is 0 Å². The molecule has 0 bridgehead atoms. The molecular weight excluding hydrogens is 604 g/mol. The average Bonchev–Trinajstić information content (AvgIpc) is 3.13. The number of aliphatic imine (C=N–C) groups is 3. The van der Waals surface area contributed by atoms with E-state index in [1.807, 2.05) is 49.5 Å². The van der Waals surface area contributed by atoms with Gasteiger partial charge >= 0.3 is 49.1 Å². The summed E-state index contributed by atoms with van der Waals surface area (Å²) in [6.45, 7) is 6.13. The number of hydrogen-bond donors (Lipinski definition) is 0. The zero-order chi connectivity index (χ0) is 19.6. The summed E-state index contributed by atoms with van der Waals surface area (Å²) in [6, 6.07) is 16.2. The summed E-state index contributed by atoms with van der Waals surface area (Å²) in [5.41, 5.74) is 7.14. The monoisotopic (exact) mass is 625 g/mol. The summed E-state index contributed by atoms with van der Waals surface area (Å²) < 4.78 is 0. The summed E-state index contributed by atoms with van der Waals surface area (Å²) in [6.07, 6.45) is 4.76. The fourth-order valence-corrected chi connectivity index (χ4v) is 2.54. The minimum absolute atomic E-state index is 0.797. The molecule has 0 saturated heterocycles. The van der Waals surface area contributed by atoms with Gasteiger partial charge in [0.2, 0.25) is 0 Å². The van der Waals surface area contributed by atoms with Gasteiger partial charge in [0.1, 0.15) is 0 Å². The molecule has 3 nitrogen and oxygen atoms in total. The van der Waals surface area contributed by atoms with Crippen molar-refractivity contribution < 1.29 is 8.46 Å². The third-order valence-electron chi connectivity index (χ3n) is 4.01. The number of para-hydroxylation sites is 2. The fourth-order valence-electron chi connectivity index (χ4n) is 2.54. The summed E-state index contributed by atoms with van der Waals surface area (Å²) in [5.74, 6) is 0. The van der Waals surface area contributed by atoms with Crippen molar-refractivity contribution in [1.29, 1.82) is 0 Å². The first kappa shape index (κ1) is 22.5. The Balaban J connectivity index is 0.000000817. The molecular formula is C21H21FeI2N3. The molecule has 0 aliphatic carbocycles. The van der Waals surface area contributed by atoms with Gasteiger partial charge in [0.15, 0.2) is 0 Å². The molecule has 1 heterocycles. The third-order valence-corrected chi connectivity index (χ3v) is 4.01. The van der Waals surface area contributed by atoms with E-state index in [4.69, 9.17) is 4.99 Å². The van der Waals surface area contributed by atoms with Gasteiger partial charge in [-0.3, -0.25) is 9.98 Å². The van der Waals surface area contributed by atoms with Gasteiger partial charge in [-0.05, 0) is 44.0 Å². The van der Waals surface area contributed by atoms with E-state index in [2.05, 4.69) is 82.7 Å². The van der Waals surface area contributed by atoms with Crippen LogP contribution in [-0.4, -0.2) is 17.6 Å². The van der Waals surface area contributed by atoms with E-state index < -0.39 is 0 Å². The summed E-state index contributed by atoms with van der Waals surface area (Å²) in [4.78, 5) is 13.9. The molecule has 0 unspecified atom stereocenters. The SMILES string of the molecule is CC(=Nc1ccccc1C)C1=CCC(C=Nc2ccccc2C)=N1.[I][Fe][I]. The number of allylic oxidation sites excluding steroid dienone is 2. The van der Waals surface area contributed by atoms with Crippen LogP contribution in [0.5, 0.6) is 0 Å². The standard InChI is InChI=1S/C21H21N3.Fe.2HI/c1-15-8-4-6-10-19(15)22-14-18-12-13-21(24-18)17(3)23-20-11-7-5-9-16(20)2;;;/h4-11,13-14H,12H2,1-3H3;;2*1H/q;+2;;/p-2. The Hall–Kier alpha value is -0.831. The Morgan fingerprint density at radius 2 is 1.56 bits per heavy atom. The number of nitrogens with zero attached hydrogens (tertiary/aromatic N) is 3. The van der Waals surface area contributed by atoms with Crippen LogP contribution in [-0.2, 0) is 8.46 Å². The zero-order valence-electron chi connectivity index (χ0n) is 15.4. The molecule has 3 rings (SSSR count). The first-order valence-corrected chi connectivity index (χ1v) is 15.5. The Kier molecular flexibility index (Phi) is 9.89. The fraction of sp³-hybridized carbons (Fsp3) is 0.190.